The van der Waals surface area contributed by atoms with Gasteiger partial charge >= 0.3 is 0 Å². The molecule has 1 aromatic carbocycles. The van der Waals surface area contributed by atoms with Gasteiger partial charge in [-0.1, -0.05) is 39.8 Å². The van der Waals surface area contributed by atoms with Crippen molar-refractivity contribution in [3.8, 4) is 5.69 Å². The minimum atomic E-state index is 0.586. The second-order valence-electron chi connectivity index (χ2n) is 4.09. The molecule has 2 heteroatoms. The van der Waals surface area contributed by atoms with Gasteiger partial charge in [0.15, 0.2) is 0 Å². The van der Waals surface area contributed by atoms with Crippen molar-refractivity contribution in [1.29, 1.82) is 0 Å². The Bertz CT molecular complexity index is 438. The quantitative estimate of drug-likeness (QED) is 0.750. The van der Waals surface area contributed by atoms with E-state index in [1.165, 1.54) is 11.3 Å². The smallest absolute Gasteiger partial charge is 0.110 e. The lowest BCUT2D eigenvalue weighted by molar-refractivity contribution is 0.864. The standard InChI is InChI=1S/C13H16N2.C2H6/c1-10(2)12-4-6-13(7-5-12)15-9-8-14-11(15)3;1-2/h4-10H,1-3H3;1-2H3. The van der Waals surface area contributed by atoms with Crippen LogP contribution in [0.5, 0.6) is 0 Å². The van der Waals surface area contributed by atoms with Gasteiger partial charge in [0.25, 0.3) is 0 Å². The van der Waals surface area contributed by atoms with Crippen LogP contribution in [-0.2, 0) is 0 Å². The molecule has 0 fully saturated rings. The lowest BCUT2D eigenvalue weighted by Crippen LogP contribution is -1.96. The molecular formula is C15H22N2. The maximum atomic E-state index is 4.21. The number of rotatable bonds is 2. The zero-order valence-corrected chi connectivity index (χ0v) is 11.4. The highest BCUT2D eigenvalue weighted by Gasteiger charge is 2.01. The Kier molecular flexibility index (Phi) is 4.95. The maximum absolute atomic E-state index is 4.21. The van der Waals surface area contributed by atoms with Gasteiger partial charge in [-0.15, -0.1) is 0 Å². The molecule has 2 rings (SSSR count). The van der Waals surface area contributed by atoms with Gasteiger partial charge in [-0.05, 0) is 30.5 Å². The molecule has 92 valence electrons. The van der Waals surface area contributed by atoms with Gasteiger partial charge in [0, 0.05) is 18.1 Å². The van der Waals surface area contributed by atoms with Crippen LogP contribution in [0, 0.1) is 6.92 Å². The SMILES string of the molecule is CC.Cc1nccn1-c1ccc(C(C)C)cc1. The summed E-state index contributed by atoms with van der Waals surface area (Å²) in [4.78, 5) is 4.21. The van der Waals surface area contributed by atoms with Gasteiger partial charge in [-0.2, -0.15) is 0 Å². The second-order valence-corrected chi connectivity index (χ2v) is 4.09. The first kappa shape index (κ1) is 13.5. The number of hydrogen-bond acceptors (Lipinski definition) is 1. The van der Waals surface area contributed by atoms with E-state index in [9.17, 15) is 0 Å². The molecule has 0 aliphatic heterocycles. The van der Waals surface area contributed by atoms with Crippen LogP contribution in [0.25, 0.3) is 5.69 Å². The number of benzene rings is 1. The predicted molar refractivity (Wildman–Crippen MR) is 73.7 cm³/mol. The van der Waals surface area contributed by atoms with Crippen LogP contribution in [0.15, 0.2) is 36.7 Å². The Balaban J connectivity index is 0.000000686. The van der Waals surface area contributed by atoms with Crippen LogP contribution in [0.3, 0.4) is 0 Å². The molecule has 0 spiro atoms. The third kappa shape index (κ3) is 3.19. The molecule has 0 aliphatic carbocycles. The fourth-order valence-corrected chi connectivity index (χ4v) is 1.67. The van der Waals surface area contributed by atoms with Gasteiger partial charge in [-0.25, -0.2) is 4.98 Å². The summed E-state index contributed by atoms with van der Waals surface area (Å²) in [6, 6.07) is 8.65. The summed E-state index contributed by atoms with van der Waals surface area (Å²) in [5, 5.41) is 0. The number of hydrogen-bond donors (Lipinski definition) is 0. The van der Waals surface area contributed by atoms with E-state index in [0.717, 1.165) is 5.82 Å². The van der Waals surface area contributed by atoms with E-state index < -0.39 is 0 Å². The van der Waals surface area contributed by atoms with Gasteiger partial charge in [0.05, 0.1) is 0 Å². The third-order valence-electron chi connectivity index (χ3n) is 2.66. The molecule has 2 aromatic rings. The van der Waals surface area contributed by atoms with Crippen LogP contribution in [0.2, 0.25) is 0 Å². The van der Waals surface area contributed by atoms with Crippen LogP contribution >= 0.6 is 0 Å². The molecule has 0 saturated carbocycles. The summed E-state index contributed by atoms with van der Waals surface area (Å²) in [5.41, 5.74) is 2.55. The molecule has 0 radical (unpaired) electrons. The highest BCUT2D eigenvalue weighted by atomic mass is 15.1. The van der Waals surface area contributed by atoms with Crippen molar-refractivity contribution in [1.82, 2.24) is 9.55 Å². The Morgan fingerprint density at radius 3 is 2.06 bits per heavy atom. The zero-order chi connectivity index (χ0) is 12.8. The molecule has 17 heavy (non-hydrogen) atoms. The molecule has 2 nitrogen and oxygen atoms in total. The average molecular weight is 230 g/mol. The van der Waals surface area contributed by atoms with E-state index in [1.807, 2.05) is 33.2 Å². The van der Waals surface area contributed by atoms with Gasteiger partial charge in [0.2, 0.25) is 0 Å². The zero-order valence-electron chi connectivity index (χ0n) is 11.4. The lowest BCUT2D eigenvalue weighted by Gasteiger charge is -2.08. The van der Waals surface area contributed by atoms with E-state index in [4.69, 9.17) is 0 Å². The minimum Gasteiger partial charge on any atom is -0.304 e. The molecule has 0 saturated heterocycles. The first-order valence-electron chi connectivity index (χ1n) is 6.29. The second kappa shape index (κ2) is 6.24. The highest BCUT2D eigenvalue weighted by Crippen LogP contribution is 2.17. The third-order valence-corrected chi connectivity index (χ3v) is 2.66. The molecule has 0 bridgehead atoms. The fraction of sp³-hybridized carbons (Fsp3) is 0.400. The van der Waals surface area contributed by atoms with Crippen molar-refractivity contribution in [3.63, 3.8) is 0 Å². The summed E-state index contributed by atoms with van der Waals surface area (Å²) in [7, 11) is 0. The Morgan fingerprint density at radius 1 is 1.06 bits per heavy atom. The van der Waals surface area contributed by atoms with Crippen molar-refractivity contribution in [2.45, 2.75) is 40.5 Å². The normalized spacial score (nSPS) is 10.0. The van der Waals surface area contributed by atoms with Crippen molar-refractivity contribution in [2.24, 2.45) is 0 Å². The van der Waals surface area contributed by atoms with Crippen LogP contribution in [0.1, 0.15) is 45.0 Å². The molecule has 0 amide bonds. The number of aryl methyl sites for hydroxylation is 1. The van der Waals surface area contributed by atoms with Crippen molar-refractivity contribution >= 4 is 0 Å². The van der Waals surface area contributed by atoms with E-state index in [-0.39, 0.29) is 0 Å². The van der Waals surface area contributed by atoms with Crippen LogP contribution in [0.4, 0.5) is 0 Å². The molecule has 1 heterocycles. The molecule has 0 unspecified atom stereocenters. The summed E-state index contributed by atoms with van der Waals surface area (Å²) >= 11 is 0. The number of aromatic nitrogens is 2. The molecular weight excluding hydrogens is 208 g/mol. The van der Waals surface area contributed by atoms with Gasteiger partial charge < -0.3 is 4.57 Å². The Labute approximate surface area is 104 Å². The first-order chi connectivity index (χ1) is 8.18. The highest BCUT2D eigenvalue weighted by molar-refractivity contribution is 5.36. The van der Waals surface area contributed by atoms with Crippen molar-refractivity contribution in [3.05, 3.63) is 48.0 Å². The molecule has 1 aromatic heterocycles. The molecule has 0 N–H and O–H groups in total. The summed E-state index contributed by atoms with van der Waals surface area (Å²) in [5.74, 6) is 1.61. The van der Waals surface area contributed by atoms with Crippen LogP contribution in [-0.4, -0.2) is 9.55 Å². The van der Waals surface area contributed by atoms with Crippen molar-refractivity contribution in [2.75, 3.05) is 0 Å². The topological polar surface area (TPSA) is 17.8 Å². The van der Waals surface area contributed by atoms with E-state index in [0.29, 0.717) is 5.92 Å². The van der Waals surface area contributed by atoms with Crippen LogP contribution < -0.4 is 0 Å². The molecule has 0 atom stereocenters. The summed E-state index contributed by atoms with van der Waals surface area (Å²) in [6.07, 6.45) is 3.81. The van der Waals surface area contributed by atoms with E-state index in [1.54, 1.807) is 0 Å². The largest absolute Gasteiger partial charge is 0.304 e. The van der Waals surface area contributed by atoms with Gasteiger partial charge in [0.1, 0.15) is 5.82 Å². The maximum Gasteiger partial charge on any atom is 0.110 e. The summed E-state index contributed by atoms with van der Waals surface area (Å²) < 4.78 is 2.09. The van der Waals surface area contributed by atoms with Gasteiger partial charge in [-0.3, -0.25) is 0 Å². The number of imidazole rings is 1. The summed E-state index contributed by atoms with van der Waals surface area (Å²) in [6.45, 7) is 10.4. The monoisotopic (exact) mass is 230 g/mol. The number of nitrogens with zero attached hydrogens (tertiary/aromatic N) is 2. The van der Waals surface area contributed by atoms with E-state index in [2.05, 4.69) is 47.7 Å². The average Bonchev–Trinajstić information content (AvgIpc) is 2.78. The minimum absolute atomic E-state index is 0.586. The predicted octanol–water partition coefficient (Wildman–Crippen LogP) is 4.33. The molecule has 0 aliphatic rings. The Morgan fingerprint density at radius 2 is 1.65 bits per heavy atom. The van der Waals surface area contributed by atoms with E-state index >= 15 is 0 Å². The Hall–Kier alpha value is -1.57. The van der Waals surface area contributed by atoms with Crippen molar-refractivity contribution < 1.29 is 0 Å². The fourth-order valence-electron chi connectivity index (χ4n) is 1.67. The first-order valence-corrected chi connectivity index (χ1v) is 6.29. The lowest BCUT2D eigenvalue weighted by atomic mass is 10.0.